The first-order valence-electron chi connectivity index (χ1n) is 6.66. The lowest BCUT2D eigenvalue weighted by Gasteiger charge is -2.56. The Morgan fingerprint density at radius 2 is 1.71 bits per heavy atom. The number of hydrogen-bond donors (Lipinski definition) is 1. The van der Waals surface area contributed by atoms with Crippen molar-refractivity contribution >= 4 is 17.4 Å². The lowest BCUT2D eigenvalue weighted by molar-refractivity contribution is -0.0481. The van der Waals surface area contributed by atoms with Crippen LogP contribution in [0.2, 0.25) is 5.02 Å². The van der Waals surface area contributed by atoms with Gasteiger partial charge >= 0.3 is 0 Å². The minimum atomic E-state index is 0.200. The molecular weight excluding hydrogens is 234 g/mol. The van der Waals surface area contributed by atoms with Crippen LogP contribution in [-0.4, -0.2) is 9.78 Å². The molecule has 1 heterocycles. The van der Waals surface area contributed by atoms with E-state index in [0.717, 1.165) is 17.8 Å². The van der Waals surface area contributed by atoms with Crippen LogP contribution in [-0.2, 0) is 5.54 Å². The fraction of sp³-hybridized carbons (Fsp3) is 0.769. The van der Waals surface area contributed by atoms with Gasteiger partial charge < -0.3 is 5.73 Å². The summed E-state index contributed by atoms with van der Waals surface area (Å²) < 4.78 is 2.06. The molecule has 0 aromatic carbocycles. The summed E-state index contributed by atoms with van der Waals surface area (Å²) in [5, 5.41) is 5.08. The van der Waals surface area contributed by atoms with Crippen LogP contribution in [0.15, 0.2) is 6.20 Å². The molecule has 4 aliphatic rings. The first-order chi connectivity index (χ1) is 8.16. The summed E-state index contributed by atoms with van der Waals surface area (Å²) >= 11 is 6.06. The summed E-state index contributed by atoms with van der Waals surface area (Å²) in [7, 11) is 0. The molecule has 0 unspecified atom stereocenters. The maximum atomic E-state index is 6.09. The molecule has 1 aromatic rings. The van der Waals surface area contributed by atoms with E-state index in [2.05, 4.69) is 9.78 Å². The van der Waals surface area contributed by atoms with E-state index < -0.39 is 0 Å². The first-order valence-corrected chi connectivity index (χ1v) is 7.03. The largest absolute Gasteiger partial charge is 0.383 e. The van der Waals surface area contributed by atoms with Gasteiger partial charge in [0.15, 0.2) is 0 Å². The van der Waals surface area contributed by atoms with Gasteiger partial charge in [0.1, 0.15) is 10.8 Å². The molecule has 4 saturated carbocycles. The van der Waals surface area contributed by atoms with Crippen molar-refractivity contribution in [2.24, 2.45) is 17.8 Å². The number of rotatable bonds is 1. The summed E-state index contributed by atoms with van der Waals surface area (Å²) in [6.07, 6.45) is 9.82. The molecule has 3 nitrogen and oxygen atoms in total. The summed E-state index contributed by atoms with van der Waals surface area (Å²) in [4.78, 5) is 0. The van der Waals surface area contributed by atoms with Crippen molar-refractivity contribution in [3.05, 3.63) is 11.2 Å². The van der Waals surface area contributed by atoms with Crippen LogP contribution in [0, 0.1) is 17.8 Å². The fourth-order valence-electron chi connectivity index (χ4n) is 5.04. The zero-order chi connectivity index (χ0) is 11.6. The highest BCUT2D eigenvalue weighted by atomic mass is 35.5. The lowest BCUT2D eigenvalue weighted by atomic mass is 9.53. The molecule has 92 valence electrons. The minimum absolute atomic E-state index is 0.200. The highest BCUT2D eigenvalue weighted by Gasteiger charge is 2.52. The average Bonchev–Trinajstić information content (AvgIpc) is 2.58. The molecule has 0 atom stereocenters. The maximum Gasteiger partial charge on any atom is 0.141 e. The number of nitrogens with two attached hydrogens (primary N) is 1. The van der Waals surface area contributed by atoms with E-state index in [1.165, 1.54) is 38.5 Å². The number of anilines is 1. The number of hydrogen-bond acceptors (Lipinski definition) is 2. The third kappa shape index (κ3) is 1.32. The van der Waals surface area contributed by atoms with Crippen LogP contribution in [0.1, 0.15) is 38.5 Å². The average molecular weight is 252 g/mol. The smallest absolute Gasteiger partial charge is 0.141 e. The van der Waals surface area contributed by atoms with E-state index in [-0.39, 0.29) is 5.54 Å². The highest BCUT2D eigenvalue weighted by Crippen LogP contribution is 2.59. The van der Waals surface area contributed by atoms with Crippen LogP contribution in [0.25, 0.3) is 0 Å². The van der Waals surface area contributed by atoms with Gasteiger partial charge in [-0.25, -0.2) is 4.68 Å². The number of halogens is 1. The minimum Gasteiger partial charge on any atom is -0.383 e. The van der Waals surface area contributed by atoms with Crippen molar-refractivity contribution in [2.45, 2.75) is 44.1 Å². The molecule has 4 heteroatoms. The van der Waals surface area contributed by atoms with Gasteiger partial charge in [-0.05, 0) is 56.3 Å². The molecule has 0 amide bonds. The van der Waals surface area contributed by atoms with E-state index in [1.807, 2.05) is 0 Å². The standard InChI is InChI=1S/C13H18ClN3/c14-11-7-16-17(12(11)15)13-4-8-1-9(5-13)3-10(2-8)6-13/h7-10H,1-6,15H2. The van der Waals surface area contributed by atoms with Crippen LogP contribution in [0.3, 0.4) is 0 Å². The van der Waals surface area contributed by atoms with E-state index in [1.54, 1.807) is 6.20 Å². The maximum absolute atomic E-state index is 6.09. The van der Waals surface area contributed by atoms with Crippen molar-refractivity contribution in [3.63, 3.8) is 0 Å². The molecule has 0 aliphatic heterocycles. The van der Waals surface area contributed by atoms with E-state index in [4.69, 9.17) is 17.3 Å². The Labute approximate surface area is 106 Å². The second-order valence-corrected chi connectivity index (χ2v) is 6.84. The zero-order valence-electron chi connectivity index (χ0n) is 9.90. The number of nitrogen functional groups attached to an aromatic ring is 1. The fourth-order valence-corrected chi connectivity index (χ4v) is 5.16. The van der Waals surface area contributed by atoms with Crippen molar-refractivity contribution in [2.75, 3.05) is 5.73 Å². The normalized spacial score (nSPS) is 43.2. The quantitative estimate of drug-likeness (QED) is 0.834. The van der Waals surface area contributed by atoms with E-state index in [0.29, 0.717) is 10.8 Å². The van der Waals surface area contributed by atoms with Crippen molar-refractivity contribution < 1.29 is 0 Å². The highest BCUT2D eigenvalue weighted by molar-refractivity contribution is 6.32. The zero-order valence-corrected chi connectivity index (χ0v) is 10.7. The lowest BCUT2D eigenvalue weighted by Crippen LogP contribution is -2.52. The molecule has 4 aliphatic carbocycles. The number of aromatic nitrogens is 2. The molecule has 2 N–H and O–H groups in total. The van der Waals surface area contributed by atoms with Gasteiger partial charge in [0.2, 0.25) is 0 Å². The van der Waals surface area contributed by atoms with Crippen LogP contribution >= 0.6 is 11.6 Å². The summed E-state index contributed by atoms with van der Waals surface area (Å²) in [5.74, 6) is 3.39. The van der Waals surface area contributed by atoms with Gasteiger partial charge in [0.25, 0.3) is 0 Å². The topological polar surface area (TPSA) is 43.8 Å². The Morgan fingerprint density at radius 1 is 1.18 bits per heavy atom. The monoisotopic (exact) mass is 251 g/mol. The van der Waals surface area contributed by atoms with Gasteiger partial charge in [-0.3, -0.25) is 0 Å². The van der Waals surface area contributed by atoms with Gasteiger partial charge in [-0.2, -0.15) is 5.10 Å². The third-order valence-electron chi connectivity index (χ3n) is 5.21. The van der Waals surface area contributed by atoms with Crippen LogP contribution < -0.4 is 5.73 Å². The summed E-state index contributed by atoms with van der Waals surface area (Å²) in [6, 6.07) is 0. The Kier molecular flexibility index (Phi) is 1.92. The Bertz CT molecular complexity index is 430. The van der Waals surface area contributed by atoms with E-state index in [9.17, 15) is 0 Å². The van der Waals surface area contributed by atoms with Gasteiger partial charge in [0.05, 0.1) is 11.7 Å². The van der Waals surface area contributed by atoms with E-state index >= 15 is 0 Å². The molecule has 4 fully saturated rings. The van der Waals surface area contributed by atoms with Crippen molar-refractivity contribution in [1.82, 2.24) is 9.78 Å². The summed E-state index contributed by atoms with van der Waals surface area (Å²) in [5.41, 5.74) is 6.29. The molecule has 17 heavy (non-hydrogen) atoms. The Balaban J connectivity index is 1.80. The molecule has 0 radical (unpaired) electrons. The van der Waals surface area contributed by atoms with Gasteiger partial charge in [0, 0.05) is 0 Å². The van der Waals surface area contributed by atoms with Crippen LogP contribution in [0.5, 0.6) is 0 Å². The molecule has 0 saturated heterocycles. The summed E-state index contributed by atoms with van der Waals surface area (Å²) in [6.45, 7) is 0. The van der Waals surface area contributed by atoms with Gasteiger partial charge in [-0.15, -0.1) is 0 Å². The second-order valence-electron chi connectivity index (χ2n) is 6.43. The van der Waals surface area contributed by atoms with Crippen LogP contribution in [0.4, 0.5) is 5.82 Å². The van der Waals surface area contributed by atoms with Crippen molar-refractivity contribution in [1.29, 1.82) is 0 Å². The molecule has 4 bridgehead atoms. The second kappa shape index (κ2) is 3.19. The molecule has 0 spiro atoms. The Hall–Kier alpha value is -0.700. The third-order valence-corrected chi connectivity index (χ3v) is 5.51. The molecule has 5 rings (SSSR count). The number of nitrogens with zero attached hydrogens (tertiary/aromatic N) is 2. The molecule has 1 aromatic heterocycles. The predicted molar refractivity (Wildman–Crippen MR) is 67.8 cm³/mol. The Morgan fingerprint density at radius 3 is 2.12 bits per heavy atom. The SMILES string of the molecule is Nc1c(Cl)cnn1C12CC3CC(CC(C3)C1)C2. The first kappa shape index (κ1) is 10.2. The van der Waals surface area contributed by atoms with Gasteiger partial charge in [-0.1, -0.05) is 11.6 Å². The predicted octanol–water partition coefficient (Wildman–Crippen LogP) is 3.04. The van der Waals surface area contributed by atoms with Crippen molar-refractivity contribution in [3.8, 4) is 0 Å². The molecular formula is C13H18ClN3.